The molecule has 2 N–H and O–H groups in total. The molecule has 2 aromatic rings. The number of benzene rings is 2. The van der Waals surface area contributed by atoms with Gasteiger partial charge in [0.15, 0.2) is 11.5 Å². The average molecular weight is 327 g/mol. The summed E-state index contributed by atoms with van der Waals surface area (Å²) in [5, 5.41) is 6.68. The van der Waals surface area contributed by atoms with Crippen molar-refractivity contribution in [2.75, 3.05) is 19.0 Å². The number of hydrazone groups is 1. The Labute approximate surface area is 141 Å². The van der Waals surface area contributed by atoms with Gasteiger partial charge in [0.25, 0.3) is 0 Å². The van der Waals surface area contributed by atoms with Crippen molar-refractivity contribution in [2.24, 2.45) is 5.10 Å². The molecule has 0 saturated heterocycles. The lowest BCUT2D eigenvalue weighted by atomic mass is 10.2. The van der Waals surface area contributed by atoms with E-state index in [4.69, 9.17) is 9.47 Å². The maximum atomic E-state index is 11.8. The van der Waals surface area contributed by atoms with Crippen LogP contribution in [0.25, 0.3) is 0 Å². The molecule has 0 heterocycles. The van der Waals surface area contributed by atoms with Crippen LogP contribution in [0.1, 0.15) is 18.1 Å². The third-order valence-corrected chi connectivity index (χ3v) is 3.26. The molecule has 0 saturated carbocycles. The molecule has 0 aliphatic carbocycles. The standard InChI is InChI=1S/C18H21N3O3/c1-4-24-17-11-14(9-10-16(17)23-3)12-19-21-18(22)20-15-8-6-5-7-13(15)2/h5-12H,4H2,1-3H3,(H2,20,21,22). The summed E-state index contributed by atoms with van der Waals surface area (Å²) in [4.78, 5) is 11.8. The average Bonchev–Trinajstić information content (AvgIpc) is 2.57. The number of amides is 2. The molecule has 0 unspecified atom stereocenters. The van der Waals surface area contributed by atoms with E-state index in [0.29, 0.717) is 18.1 Å². The first-order valence-corrected chi connectivity index (χ1v) is 7.60. The van der Waals surface area contributed by atoms with Crippen molar-refractivity contribution in [1.82, 2.24) is 5.43 Å². The Bertz CT molecular complexity index is 729. The number of carbonyl (C=O) groups excluding carboxylic acids is 1. The molecule has 0 atom stereocenters. The number of hydrogen-bond donors (Lipinski definition) is 2. The highest BCUT2D eigenvalue weighted by Crippen LogP contribution is 2.27. The van der Waals surface area contributed by atoms with Crippen LogP contribution in [-0.2, 0) is 0 Å². The number of ether oxygens (including phenoxy) is 2. The van der Waals surface area contributed by atoms with Crippen LogP contribution < -0.4 is 20.2 Å². The van der Waals surface area contributed by atoms with Gasteiger partial charge in [0, 0.05) is 5.69 Å². The zero-order chi connectivity index (χ0) is 17.4. The summed E-state index contributed by atoms with van der Waals surface area (Å²) >= 11 is 0. The molecule has 0 aliphatic rings. The summed E-state index contributed by atoms with van der Waals surface area (Å²) in [6, 6.07) is 12.5. The molecule has 126 valence electrons. The second kappa shape index (κ2) is 8.57. The minimum Gasteiger partial charge on any atom is -0.493 e. The Morgan fingerprint density at radius 3 is 2.71 bits per heavy atom. The van der Waals surface area contributed by atoms with Gasteiger partial charge in [-0.2, -0.15) is 5.10 Å². The molecule has 0 aromatic heterocycles. The van der Waals surface area contributed by atoms with Gasteiger partial charge in [-0.15, -0.1) is 0 Å². The monoisotopic (exact) mass is 327 g/mol. The molecule has 0 aliphatic heterocycles. The van der Waals surface area contributed by atoms with E-state index in [9.17, 15) is 4.79 Å². The lowest BCUT2D eigenvalue weighted by molar-refractivity contribution is 0.252. The van der Waals surface area contributed by atoms with E-state index in [2.05, 4.69) is 15.8 Å². The Kier molecular flexibility index (Phi) is 6.19. The van der Waals surface area contributed by atoms with E-state index in [1.807, 2.05) is 44.2 Å². The lowest BCUT2D eigenvalue weighted by Gasteiger charge is -2.09. The van der Waals surface area contributed by atoms with Crippen molar-refractivity contribution in [3.8, 4) is 11.5 Å². The summed E-state index contributed by atoms with van der Waals surface area (Å²) in [6.45, 7) is 4.36. The minimum atomic E-state index is -0.404. The molecule has 0 spiro atoms. The number of anilines is 1. The molecule has 24 heavy (non-hydrogen) atoms. The first-order valence-electron chi connectivity index (χ1n) is 7.60. The van der Waals surface area contributed by atoms with Gasteiger partial charge in [-0.25, -0.2) is 10.2 Å². The number of methoxy groups -OCH3 is 1. The van der Waals surface area contributed by atoms with Crippen LogP contribution >= 0.6 is 0 Å². The van der Waals surface area contributed by atoms with Gasteiger partial charge in [0.2, 0.25) is 0 Å². The zero-order valence-corrected chi connectivity index (χ0v) is 14.0. The summed E-state index contributed by atoms with van der Waals surface area (Å²) in [6.07, 6.45) is 1.54. The van der Waals surface area contributed by atoms with Crippen LogP contribution in [-0.4, -0.2) is 26.0 Å². The fourth-order valence-electron chi connectivity index (χ4n) is 2.07. The third kappa shape index (κ3) is 4.74. The minimum absolute atomic E-state index is 0.404. The molecule has 0 bridgehead atoms. The second-order valence-electron chi connectivity index (χ2n) is 4.98. The Morgan fingerprint density at radius 2 is 2.00 bits per heavy atom. The van der Waals surface area contributed by atoms with Gasteiger partial charge >= 0.3 is 6.03 Å². The number of para-hydroxylation sites is 1. The smallest absolute Gasteiger partial charge is 0.339 e. The van der Waals surface area contributed by atoms with Crippen LogP contribution in [0.2, 0.25) is 0 Å². The zero-order valence-electron chi connectivity index (χ0n) is 14.0. The van der Waals surface area contributed by atoms with Crippen LogP contribution in [0, 0.1) is 6.92 Å². The van der Waals surface area contributed by atoms with Crippen LogP contribution in [0.4, 0.5) is 10.5 Å². The number of aryl methyl sites for hydroxylation is 1. The van der Waals surface area contributed by atoms with Gasteiger partial charge in [0.1, 0.15) is 0 Å². The van der Waals surface area contributed by atoms with Crippen molar-refractivity contribution >= 4 is 17.9 Å². The van der Waals surface area contributed by atoms with Gasteiger partial charge in [-0.1, -0.05) is 18.2 Å². The van der Waals surface area contributed by atoms with E-state index in [-0.39, 0.29) is 0 Å². The van der Waals surface area contributed by atoms with Gasteiger partial charge in [0.05, 0.1) is 19.9 Å². The Hall–Kier alpha value is -3.02. The molecule has 0 radical (unpaired) electrons. The quantitative estimate of drug-likeness (QED) is 0.629. The lowest BCUT2D eigenvalue weighted by Crippen LogP contribution is -2.24. The SMILES string of the molecule is CCOc1cc(C=NNC(=O)Nc2ccccc2C)ccc1OC. The van der Waals surface area contributed by atoms with E-state index >= 15 is 0 Å². The Morgan fingerprint density at radius 1 is 1.21 bits per heavy atom. The van der Waals surface area contributed by atoms with E-state index in [1.165, 1.54) is 0 Å². The molecule has 6 heteroatoms. The largest absolute Gasteiger partial charge is 0.493 e. The second-order valence-corrected chi connectivity index (χ2v) is 4.98. The highest BCUT2D eigenvalue weighted by Gasteiger charge is 2.05. The van der Waals surface area contributed by atoms with E-state index in [0.717, 1.165) is 16.8 Å². The predicted octanol–water partition coefficient (Wildman–Crippen LogP) is 3.56. The maximum Gasteiger partial charge on any atom is 0.339 e. The van der Waals surface area contributed by atoms with E-state index in [1.54, 1.807) is 25.5 Å². The summed E-state index contributed by atoms with van der Waals surface area (Å²) < 4.78 is 10.7. The number of carbonyl (C=O) groups is 1. The van der Waals surface area contributed by atoms with E-state index < -0.39 is 6.03 Å². The molecule has 2 rings (SSSR count). The molecule has 2 amide bonds. The van der Waals surface area contributed by atoms with Crippen LogP contribution in [0.5, 0.6) is 11.5 Å². The maximum absolute atomic E-state index is 11.8. The van der Waals surface area contributed by atoms with Gasteiger partial charge in [-0.05, 0) is 49.2 Å². The van der Waals surface area contributed by atoms with Gasteiger partial charge in [-0.3, -0.25) is 0 Å². The summed E-state index contributed by atoms with van der Waals surface area (Å²) in [7, 11) is 1.59. The van der Waals surface area contributed by atoms with Crippen molar-refractivity contribution in [3.05, 3.63) is 53.6 Å². The number of nitrogens with one attached hydrogen (secondary N) is 2. The number of hydrogen-bond acceptors (Lipinski definition) is 4. The normalized spacial score (nSPS) is 10.5. The topological polar surface area (TPSA) is 72.0 Å². The Balaban J connectivity index is 1.97. The first-order chi connectivity index (χ1) is 11.6. The molecule has 2 aromatic carbocycles. The van der Waals surface area contributed by atoms with Crippen molar-refractivity contribution in [3.63, 3.8) is 0 Å². The molecule has 6 nitrogen and oxygen atoms in total. The number of nitrogens with zero attached hydrogens (tertiary/aromatic N) is 1. The van der Waals surface area contributed by atoms with Gasteiger partial charge < -0.3 is 14.8 Å². The van der Waals surface area contributed by atoms with Crippen LogP contribution in [0.3, 0.4) is 0 Å². The fraction of sp³-hybridized carbons (Fsp3) is 0.222. The highest BCUT2D eigenvalue weighted by molar-refractivity contribution is 5.91. The van der Waals surface area contributed by atoms with Crippen molar-refractivity contribution < 1.29 is 14.3 Å². The fourth-order valence-corrected chi connectivity index (χ4v) is 2.07. The van der Waals surface area contributed by atoms with Crippen molar-refractivity contribution in [2.45, 2.75) is 13.8 Å². The van der Waals surface area contributed by atoms with Crippen molar-refractivity contribution in [1.29, 1.82) is 0 Å². The first kappa shape index (κ1) is 17.3. The molecule has 0 fully saturated rings. The predicted molar refractivity (Wildman–Crippen MR) is 95.1 cm³/mol. The summed E-state index contributed by atoms with van der Waals surface area (Å²) in [5.74, 6) is 1.28. The third-order valence-electron chi connectivity index (χ3n) is 3.26. The highest BCUT2D eigenvalue weighted by atomic mass is 16.5. The molecular formula is C18H21N3O3. The molecular weight excluding hydrogens is 306 g/mol. The van der Waals surface area contributed by atoms with Crippen LogP contribution in [0.15, 0.2) is 47.6 Å². The summed E-state index contributed by atoms with van der Waals surface area (Å²) in [5.41, 5.74) is 4.95. The number of rotatable bonds is 6. The number of urea groups is 1.